The molecule has 0 saturated heterocycles. The van der Waals surface area contributed by atoms with Crippen molar-refractivity contribution >= 4 is 44.3 Å². The maximum absolute atomic E-state index is 12.5. The quantitative estimate of drug-likeness (QED) is 0.528. The molecule has 2 aromatic rings. The van der Waals surface area contributed by atoms with Gasteiger partial charge in [0.25, 0.3) is 10.0 Å². The van der Waals surface area contributed by atoms with Gasteiger partial charge in [-0.2, -0.15) is 0 Å². The van der Waals surface area contributed by atoms with Crippen molar-refractivity contribution < 1.29 is 22.7 Å². The summed E-state index contributed by atoms with van der Waals surface area (Å²) in [6.07, 6.45) is 0. The van der Waals surface area contributed by atoms with Crippen LogP contribution < -0.4 is 9.46 Å². The van der Waals surface area contributed by atoms with Gasteiger partial charge in [0.1, 0.15) is 5.75 Å². The molecule has 0 aliphatic rings. The third-order valence-electron chi connectivity index (χ3n) is 3.06. The van der Waals surface area contributed by atoms with E-state index in [0.29, 0.717) is 9.32 Å². The molecule has 2 aromatic carbocycles. The first-order valence-electron chi connectivity index (χ1n) is 7.01. The summed E-state index contributed by atoms with van der Waals surface area (Å²) in [5, 5.41) is 0. The molecule has 0 atom stereocenters. The summed E-state index contributed by atoms with van der Waals surface area (Å²) in [4.78, 5) is 11.8. The summed E-state index contributed by atoms with van der Waals surface area (Å²) in [5.41, 5.74) is 0.563. The third-order valence-corrected chi connectivity index (χ3v) is 5.28. The molecule has 0 heterocycles. The number of hydrogen-bond donors (Lipinski definition) is 1. The van der Waals surface area contributed by atoms with Crippen LogP contribution in [0.2, 0.25) is 0 Å². The first kappa shape index (κ1) is 18.5. The molecule has 0 unspecified atom stereocenters. The standard InChI is InChI=1S/C16H16INO5S/c1-3-23-16(19)11-5-4-6-12(9-11)18-24(20,21)13-7-8-15(22-2)14(17)10-13/h4-10,18H,3H2,1-2H3. The van der Waals surface area contributed by atoms with Gasteiger partial charge < -0.3 is 9.47 Å². The van der Waals surface area contributed by atoms with Gasteiger partial charge >= 0.3 is 5.97 Å². The van der Waals surface area contributed by atoms with Crippen molar-refractivity contribution in [3.05, 3.63) is 51.6 Å². The Morgan fingerprint density at radius 2 is 1.96 bits per heavy atom. The van der Waals surface area contributed by atoms with Gasteiger partial charge in [-0.15, -0.1) is 0 Å². The molecule has 0 aliphatic carbocycles. The van der Waals surface area contributed by atoms with Crippen LogP contribution in [-0.2, 0) is 14.8 Å². The molecule has 24 heavy (non-hydrogen) atoms. The van der Waals surface area contributed by atoms with Gasteiger partial charge in [0, 0.05) is 5.69 Å². The molecule has 0 bridgehead atoms. The molecule has 0 amide bonds. The minimum Gasteiger partial charge on any atom is -0.496 e. The van der Waals surface area contributed by atoms with E-state index in [9.17, 15) is 13.2 Å². The van der Waals surface area contributed by atoms with Crippen molar-refractivity contribution in [3.63, 3.8) is 0 Å². The maximum Gasteiger partial charge on any atom is 0.338 e. The molecule has 1 N–H and O–H groups in total. The zero-order chi connectivity index (χ0) is 17.7. The van der Waals surface area contributed by atoms with Crippen LogP contribution in [0.1, 0.15) is 17.3 Å². The number of halogens is 1. The fourth-order valence-corrected chi connectivity index (χ4v) is 3.97. The monoisotopic (exact) mass is 461 g/mol. The van der Waals surface area contributed by atoms with Crippen LogP contribution >= 0.6 is 22.6 Å². The average Bonchev–Trinajstić information content (AvgIpc) is 2.55. The molecule has 0 spiro atoms. The fourth-order valence-electron chi connectivity index (χ4n) is 1.95. The lowest BCUT2D eigenvalue weighted by atomic mass is 10.2. The van der Waals surface area contributed by atoms with Crippen molar-refractivity contribution in [2.75, 3.05) is 18.4 Å². The first-order valence-corrected chi connectivity index (χ1v) is 9.57. The van der Waals surface area contributed by atoms with Crippen molar-refractivity contribution in [2.45, 2.75) is 11.8 Å². The van der Waals surface area contributed by atoms with Gasteiger partial charge in [0.05, 0.1) is 27.7 Å². The van der Waals surface area contributed by atoms with Crippen molar-refractivity contribution in [2.24, 2.45) is 0 Å². The predicted molar refractivity (Wildman–Crippen MR) is 98.9 cm³/mol. The molecular formula is C16H16INO5S. The minimum atomic E-state index is -3.78. The Morgan fingerprint density at radius 1 is 1.21 bits per heavy atom. The number of methoxy groups -OCH3 is 1. The minimum absolute atomic E-state index is 0.106. The Bertz CT molecular complexity index is 851. The van der Waals surface area contributed by atoms with E-state index in [4.69, 9.17) is 9.47 Å². The van der Waals surface area contributed by atoms with E-state index in [-0.39, 0.29) is 22.8 Å². The molecule has 0 aliphatic heterocycles. The second kappa shape index (κ2) is 7.84. The second-order valence-electron chi connectivity index (χ2n) is 4.70. The van der Waals surface area contributed by atoms with Gasteiger partial charge in [-0.25, -0.2) is 13.2 Å². The van der Waals surface area contributed by atoms with Crippen molar-refractivity contribution in [3.8, 4) is 5.75 Å². The largest absolute Gasteiger partial charge is 0.496 e. The van der Waals surface area contributed by atoms with Gasteiger partial charge in [-0.3, -0.25) is 4.72 Å². The highest BCUT2D eigenvalue weighted by Crippen LogP contribution is 2.25. The molecule has 128 valence electrons. The Kier molecular flexibility index (Phi) is 6.05. The number of hydrogen-bond acceptors (Lipinski definition) is 5. The van der Waals surface area contributed by atoms with E-state index in [1.54, 1.807) is 31.2 Å². The zero-order valence-corrected chi connectivity index (χ0v) is 16.1. The molecular weight excluding hydrogens is 445 g/mol. The van der Waals surface area contributed by atoms with Gasteiger partial charge in [-0.1, -0.05) is 6.07 Å². The number of nitrogens with one attached hydrogen (secondary N) is 1. The lowest BCUT2D eigenvalue weighted by Gasteiger charge is -2.11. The van der Waals surface area contributed by atoms with Gasteiger partial charge in [0.15, 0.2) is 0 Å². The fraction of sp³-hybridized carbons (Fsp3) is 0.188. The summed E-state index contributed by atoms with van der Waals surface area (Å²) in [6.45, 7) is 1.95. The normalized spacial score (nSPS) is 11.0. The number of benzene rings is 2. The molecule has 0 saturated carbocycles. The van der Waals surface area contributed by atoms with E-state index in [2.05, 4.69) is 4.72 Å². The highest BCUT2D eigenvalue weighted by Gasteiger charge is 2.17. The summed E-state index contributed by atoms with van der Waals surface area (Å²) in [6, 6.07) is 10.7. The van der Waals surface area contributed by atoms with E-state index in [1.165, 1.54) is 25.3 Å². The number of anilines is 1. The summed E-state index contributed by atoms with van der Waals surface area (Å²) >= 11 is 2.00. The van der Waals surface area contributed by atoms with Crippen LogP contribution in [-0.4, -0.2) is 28.1 Å². The van der Waals surface area contributed by atoms with E-state index < -0.39 is 16.0 Å². The molecule has 2 rings (SSSR count). The van der Waals surface area contributed by atoms with E-state index in [1.807, 2.05) is 22.6 Å². The number of sulfonamides is 1. The van der Waals surface area contributed by atoms with Crippen LogP contribution in [0, 0.1) is 3.57 Å². The smallest absolute Gasteiger partial charge is 0.338 e. The van der Waals surface area contributed by atoms with E-state index in [0.717, 1.165) is 0 Å². The van der Waals surface area contributed by atoms with E-state index >= 15 is 0 Å². The first-order chi connectivity index (χ1) is 11.4. The summed E-state index contributed by atoms with van der Waals surface area (Å²) < 4.78 is 38.1. The van der Waals surface area contributed by atoms with Crippen LogP contribution in [0.25, 0.3) is 0 Å². The Balaban J connectivity index is 2.28. The Morgan fingerprint density at radius 3 is 2.58 bits per heavy atom. The molecule has 6 nitrogen and oxygen atoms in total. The third kappa shape index (κ3) is 4.38. The molecule has 0 radical (unpaired) electrons. The Hall–Kier alpha value is -1.81. The lowest BCUT2D eigenvalue weighted by molar-refractivity contribution is 0.0526. The zero-order valence-electron chi connectivity index (χ0n) is 13.1. The van der Waals surface area contributed by atoms with Crippen molar-refractivity contribution in [1.29, 1.82) is 0 Å². The van der Waals surface area contributed by atoms with Crippen LogP contribution in [0.15, 0.2) is 47.4 Å². The van der Waals surface area contributed by atoms with Crippen LogP contribution in [0.3, 0.4) is 0 Å². The Labute approximate surface area is 154 Å². The van der Waals surface area contributed by atoms with Crippen LogP contribution in [0.4, 0.5) is 5.69 Å². The maximum atomic E-state index is 12.5. The topological polar surface area (TPSA) is 81.7 Å². The number of ether oxygens (including phenoxy) is 2. The number of carbonyl (C=O) groups is 1. The molecule has 0 aromatic heterocycles. The highest BCUT2D eigenvalue weighted by atomic mass is 127. The lowest BCUT2D eigenvalue weighted by Crippen LogP contribution is -2.14. The second-order valence-corrected chi connectivity index (χ2v) is 7.55. The average molecular weight is 461 g/mol. The van der Waals surface area contributed by atoms with Crippen molar-refractivity contribution in [1.82, 2.24) is 0 Å². The predicted octanol–water partition coefficient (Wildman–Crippen LogP) is 3.28. The van der Waals surface area contributed by atoms with Gasteiger partial charge in [-0.05, 0) is 65.9 Å². The molecule has 0 fully saturated rings. The molecule has 8 heteroatoms. The summed E-state index contributed by atoms with van der Waals surface area (Å²) in [5.74, 6) is 0.0939. The number of carbonyl (C=O) groups excluding carboxylic acids is 1. The van der Waals surface area contributed by atoms with Gasteiger partial charge in [0.2, 0.25) is 0 Å². The van der Waals surface area contributed by atoms with Crippen LogP contribution in [0.5, 0.6) is 5.75 Å². The number of rotatable bonds is 6. The highest BCUT2D eigenvalue weighted by molar-refractivity contribution is 14.1. The summed E-state index contributed by atoms with van der Waals surface area (Å²) in [7, 11) is -2.26. The SMILES string of the molecule is CCOC(=O)c1cccc(NS(=O)(=O)c2ccc(OC)c(I)c2)c1. The number of esters is 1.